The molecule has 1 aromatic heterocycles. The molecule has 1 aliphatic rings. The summed E-state index contributed by atoms with van der Waals surface area (Å²) in [6.45, 7) is 4.03. The Morgan fingerprint density at radius 2 is 1.92 bits per heavy atom. The van der Waals surface area contributed by atoms with Gasteiger partial charge in [0.15, 0.2) is 0 Å². The first-order chi connectivity index (χ1) is 11.6. The van der Waals surface area contributed by atoms with Gasteiger partial charge in [-0.2, -0.15) is 0 Å². The Morgan fingerprint density at radius 3 is 2.71 bits per heavy atom. The Kier molecular flexibility index (Phi) is 5.08. The second-order valence-electron chi connectivity index (χ2n) is 6.47. The molecule has 0 spiro atoms. The van der Waals surface area contributed by atoms with Gasteiger partial charge in [-0.25, -0.2) is 9.97 Å². The van der Waals surface area contributed by atoms with Gasteiger partial charge >= 0.3 is 0 Å². The summed E-state index contributed by atoms with van der Waals surface area (Å²) in [5.74, 6) is 0.515. The zero-order valence-electron chi connectivity index (χ0n) is 14.3. The van der Waals surface area contributed by atoms with E-state index in [9.17, 15) is 4.79 Å². The van der Waals surface area contributed by atoms with Crippen LogP contribution in [0.25, 0.3) is 0 Å². The molecule has 0 saturated heterocycles. The molecule has 0 unspecified atom stereocenters. The van der Waals surface area contributed by atoms with E-state index in [0.29, 0.717) is 11.7 Å². The maximum absolute atomic E-state index is 12.5. The van der Waals surface area contributed by atoms with Crippen molar-refractivity contribution in [1.29, 1.82) is 0 Å². The molecule has 0 bridgehead atoms. The van der Waals surface area contributed by atoms with Gasteiger partial charge in [-0.3, -0.25) is 4.79 Å². The van der Waals surface area contributed by atoms with E-state index < -0.39 is 0 Å². The van der Waals surface area contributed by atoms with Crippen LogP contribution in [-0.4, -0.2) is 21.9 Å². The number of aromatic nitrogens is 2. The summed E-state index contributed by atoms with van der Waals surface area (Å²) < 4.78 is 0. The molecule has 1 fully saturated rings. The smallest absolute Gasteiger partial charge is 0.274 e. The van der Waals surface area contributed by atoms with E-state index in [-0.39, 0.29) is 5.91 Å². The number of hydrogen-bond donors (Lipinski definition) is 2. The topological polar surface area (TPSA) is 66.9 Å². The molecule has 1 amide bonds. The lowest BCUT2D eigenvalue weighted by molar-refractivity contribution is 0.102. The number of benzene rings is 1. The number of rotatable bonds is 4. The molecular formula is C19H24N4O. The molecule has 3 rings (SSSR count). The van der Waals surface area contributed by atoms with Crippen LogP contribution in [-0.2, 0) is 0 Å². The maximum Gasteiger partial charge on any atom is 0.274 e. The predicted molar refractivity (Wildman–Crippen MR) is 96.4 cm³/mol. The molecule has 2 N–H and O–H groups in total. The highest BCUT2D eigenvalue weighted by atomic mass is 16.1. The van der Waals surface area contributed by atoms with Crippen molar-refractivity contribution >= 4 is 17.4 Å². The van der Waals surface area contributed by atoms with Crippen molar-refractivity contribution in [2.75, 3.05) is 10.6 Å². The minimum atomic E-state index is -0.210. The van der Waals surface area contributed by atoms with Gasteiger partial charge in [-0.05, 0) is 43.9 Å². The fourth-order valence-corrected chi connectivity index (χ4v) is 3.09. The molecule has 0 atom stereocenters. The fraction of sp³-hybridized carbons (Fsp3) is 0.421. The van der Waals surface area contributed by atoms with Gasteiger partial charge in [0.1, 0.15) is 17.8 Å². The normalized spacial score (nSPS) is 15.1. The third kappa shape index (κ3) is 3.91. The molecule has 2 aromatic rings. The van der Waals surface area contributed by atoms with E-state index in [1.165, 1.54) is 25.6 Å². The maximum atomic E-state index is 12.5. The fourth-order valence-electron chi connectivity index (χ4n) is 3.09. The zero-order chi connectivity index (χ0) is 16.9. The summed E-state index contributed by atoms with van der Waals surface area (Å²) in [6, 6.07) is 8.05. The molecule has 1 aliphatic carbocycles. The van der Waals surface area contributed by atoms with Crippen LogP contribution in [0.1, 0.15) is 53.7 Å². The van der Waals surface area contributed by atoms with Gasteiger partial charge in [-0.15, -0.1) is 0 Å². The average molecular weight is 324 g/mol. The Labute approximate surface area is 142 Å². The van der Waals surface area contributed by atoms with Crippen LogP contribution < -0.4 is 10.6 Å². The minimum Gasteiger partial charge on any atom is -0.367 e. The number of nitrogens with one attached hydrogen (secondary N) is 2. The van der Waals surface area contributed by atoms with Crippen molar-refractivity contribution in [3.63, 3.8) is 0 Å². The lowest BCUT2D eigenvalue weighted by Crippen LogP contribution is -2.23. The van der Waals surface area contributed by atoms with E-state index in [1.807, 2.05) is 32.0 Å². The molecule has 5 nitrogen and oxygen atoms in total. The van der Waals surface area contributed by atoms with Crippen molar-refractivity contribution in [3.8, 4) is 0 Å². The number of carbonyl (C=O) groups is 1. The highest BCUT2D eigenvalue weighted by Gasteiger charge is 2.15. The van der Waals surface area contributed by atoms with Gasteiger partial charge in [0.05, 0.1) is 0 Å². The summed E-state index contributed by atoms with van der Waals surface area (Å²) in [4.78, 5) is 20.9. The largest absolute Gasteiger partial charge is 0.367 e. The summed E-state index contributed by atoms with van der Waals surface area (Å²) >= 11 is 0. The predicted octanol–water partition coefficient (Wildman–Crippen LogP) is 4.09. The van der Waals surface area contributed by atoms with Gasteiger partial charge in [0.25, 0.3) is 5.91 Å². The third-order valence-electron chi connectivity index (χ3n) is 4.71. The first-order valence-corrected chi connectivity index (χ1v) is 8.59. The number of anilines is 2. The summed E-state index contributed by atoms with van der Waals surface area (Å²) in [6.07, 6.45) is 7.59. The second-order valence-corrected chi connectivity index (χ2v) is 6.47. The quantitative estimate of drug-likeness (QED) is 0.889. The first kappa shape index (κ1) is 16.4. The molecule has 24 heavy (non-hydrogen) atoms. The van der Waals surface area contributed by atoms with E-state index in [1.54, 1.807) is 6.07 Å². The number of carbonyl (C=O) groups excluding carboxylic acids is 1. The molecule has 126 valence electrons. The highest BCUT2D eigenvalue weighted by Crippen LogP contribution is 2.21. The molecule has 5 heteroatoms. The van der Waals surface area contributed by atoms with Crippen LogP contribution in [0.4, 0.5) is 11.5 Å². The van der Waals surface area contributed by atoms with Crippen LogP contribution in [0.3, 0.4) is 0 Å². The summed E-state index contributed by atoms with van der Waals surface area (Å²) in [5, 5.41) is 6.37. The molecular weight excluding hydrogens is 300 g/mol. The second kappa shape index (κ2) is 7.43. The van der Waals surface area contributed by atoms with Crippen molar-refractivity contribution in [2.45, 2.75) is 52.0 Å². The Morgan fingerprint density at radius 1 is 1.12 bits per heavy atom. The van der Waals surface area contributed by atoms with Gasteiger partial charge in [0.2, 0.25) is 0 Å². The lowest BCUT2D eigenvalue weighted by Gasteiger charge is -2.23. The monoisotopic (exact) mass is 324 g/mol. The summed E-state index contributed by atoms with van der Waals surface area (Å²) in [5.41, 5.74) is 3.42. The summed E-state index contributed by atoms with van der Waals surface area (Å²) in [7, 11) is 0. The van der Waals surface area contributed by atoms with E-state index in [0.717, 1.165) is 35.5 Å². The van der Waals surface area contributed by atoms with Crippen molar-refractivity contribution in [3.05, 3.63) is 47.4 Å². The van der Waals surface area contributed by atoms with Crippen molar-refractivity contribution in [2.24, 2.45) is 0 Å². The third-order valence-corrected chi connectivity index (χ3v) is 4.71. The molecule has 1 aromatic carbocycles. The SMILES string of the molecule is Cc1cccc(NC(=O)c2cc(NC3CCCCC3)ncn2)c1C. The van der Waals surface area contributed by atoms with Gasteiger partial charge in [-0.1, -0.05) is 31.4 Å². The molecule has 1 saturated carbocycles. The number of aryl methyl sites for hydroxylation is 1. The molecule has 0 aliphatic heterocycles. The first-order valence-electron chi connectivity index (χ1n) is 8.59. The van der Waals surface area contributed by atoms with Crippen molar-refractivity contribution in [1.82, 2.24) is 9.97 Å². The molecule has 1 heterocycles. The minimum absolute atomic E-state index is 0.210. The highest BCUT2D eigenvalue weighted by molar-refractivity contribution is 6.03. The Hall–Kier alpha value is -2.43. The Bertz CT molecular complexity index is 723. The van der Waals surface area contributed by atoms with Gasteiger partial charge < -0.3 is 10.6 Å². The lowest BCUT2D eigenvalue weighted by atomic mass is 9.95. The van der Waals surface area contributed by atoms with Crippen molar-refractivity contribution < 1.29 is 4.79 Å². The molecule has 0 radical (unpaired) electrons. The Balaban J connectivity index is 1.70. The van der Waals surface area contributed by atoms with Crippen LogP contribution >= 0.6 is 0 Å². The number of nitrogens with zero attached hydrogens (tertiary/aromatic N) is 2. The van der Waals surface area contributed by atoms with E-state index in [2.05, 4.69) is 20.6 Å². The standard InChI is InChI=1S/C19H24N4O/c1-13-7-6-10-16(14(13)2)23-19(24)17-11-18(21-12-20-17)22-15-8-4-3-5-9-15/h6-7,10-12,15H,3-5,8-9H2,1-2H3,(H,23,24)(H,20,21,22). The number of hydrogen-bond acceptors (Lipinski definition) is 4. The van der Waals surface area contributed by atoms with E-state index >= 15 is 0 Å². The van der Waals surface area contributed by atoms with E-state index in [4.69, 9.17) is 0 Å². The van der Waals surface area contributed by atoms with Crippen LogP contribution in [0.5, 0.6) is 0 Å². The number of amides is 1. The van der Waals surface area contributed by atoms with Crippen LogP contribution in [0.2, 0.25) is 0 Å². The van der Waals surface area contributed by atoms with Crippen LogP contribution in [0, 0.1) is 13.8 Å². The van der Waals surface area contributed by atoms with Gasteiger partial charge in [0, 0.05) is 17.8 Å². The average Bonchev–Trinajstić information content (AvgIpc) is 2.60. The zero-order valence-corrected chi connectivity index (χ0v) is 14.3. The van der Waals surface area contributed by atoms with Crippen LogP contribution in [0.15, 0.2) is 30.6 Å².